The minimum absolute atomic E-state index is 0.0686. The zero-order valence-corrected chi connectivity index (χ0v) is 17.7. The first-order valence-corrected chi connectivity index (χ1v) is 9.78. The molecular weight excluding hydrogens is 388 g/mol. The lowest BCUT2D eigenvalue weighted by atomic mass is 10.1. The number of amidine groups is 1. The van der Waals surface area contributed by atoms with Crippen molar-refractivity contribution < 1.29 is 0 Å². The van der Waals surface area contributed by atoms with Gasteiger partial charge in [0.1, 0.15) is 11.5 Å². The fourth-order valence-corrected chi connectivity index (χ4v) is 2.81. The maximum atomic E-state index is 12.3. The molecule has 0 bridgehead atoms. The molecule has 3 N–H and O–H groups in total. The Labute approximate surface area is 175 Å². The van der Waals surface area contributed by atoms with Gasteiger partial charge in [0.15, 0.2) is 11.3 Å². The number of pyridine rings is 2. The van der Waals surface area contributed by atoms with E-state index >= 15 is 0 Å². The van der Waals surface area contributed by atoms with Gasteiger partial charge in [0.05, 0.1) is 22.9 Å². The number of aromatic nitrogens is 2. The molecule has 8 heteroatoms. The second kappa shape index (κ2) is 10.4. The van der Waals surface area contributed by atoms with Crippen molar-refractivity contribution in [2.24, 2.45) is 4.99 Å². The molecule has 0 unspecified atom stereocenters. The molecule has 0 atom stereocenters. The first-order chi connectivity index (χ1) is 14.0. The van der Waals surface area contributed by atoms with Gasteiger partial charge in [-0.3, -0.25) is 15.2 Å². The zero-order valence-electron chi connectivity index (χ0n) is 16.9. The Bertz CT molecular complexity index is 1050. The first kappa shape index (κ1) is 22.1. The number of alkyl halides is 1. The topological polar surface area (TPSA) is 97.2 Å². The maximum absolute atomic E-state index is 12.3. The first-order valence-electron chi connectivity index (χ1n) is 9.03. The van der Waals surface area contributed by atoms with Crippen molar-refractivity contribution in [1.82, 2.24) is 14.9 Å². The van der Waals surface area contributed by atoms with E-state index < -0.39 is 0 Å². The van der Waals surface area contributed by atoms with Crippen LogP contribution in [0.25, 0.3) is 10.9 Å². The summed E-state index contributed by atoms with van der Waals surface area (Å²) in [6.07, 6.45) is 4.73. The van der Waals surface area contributed by atoms with Crippen LogP contribution in [0.4, 0.5) is 11.5 Å². The number of anilines is 2. The van der Waals surface area contributed by atoms with Crippen LogP contribution in [0.3, 0.4) is 0 Å². The summed E-state index contributed by atoms with van der Waals surface area (Å²) >= 11 is 4.64. The van der Waals surface area contributed by atoms with Crippen molar-refractivity contribution in [3.8, 4) is 0 Å². The van der Waals surface area contributed by atoms with Gasteiger partial charge < -0.3 is 15.2 Å². The number of hydrogen-bond acceptors (Lipinski definition) is 5. The van der Waals surface area contributed by atoms with E-state index in [4.69, 9.17) is 5.41 Å². The van der Waals surface area contributed by atoms with E-state index in [1.165, 1.54) is 12.4 Å². The van der Waals surface area contributed by atoms with Gasteiger partial charge in [0, 0.05) is 31.7 Å². The maximum Gasteiger partial charge on any atom is 0.191 e. The summed E-state index contributed by atoms with van der Waals surface area (Å²) in [6.45, 7) is 3.97. The Morgan fingerprint density at radius 2 is 1.97 bits per heavy atom. The highest BCUT2D eigenvalue weighted by atomic mass is 35.5. The van der Waals surface area contributed by atoms with E-state index in [2.05, 4.69) is 31.9 Å². The van der Waals surface area contributed by atoms with Crippen LogP contribution in [0, 0.1) is 5.41 Å². The van der Waals surface area contributed by atoms with Crippen molar-refractivity contribution >= 4 is 46.2 Å². The largest absolute Gasteiger partial charge is 0.361 e. The molecule has 3 aromatic rings. The van der Waals surface area contributed by atoms with E-state index in [-0.39, 0.29) is 17.3 Å². The molecule has 3 rings (SSSR count). The van der Waals surface area contributed by atoms with Crippen LogP contribution < -0.4 is 10.7 Å². The minimum Gasteiger partial charge on any atom is -0.361 e. The Morgan fingerprint density at radius 3 is 2.66 bits per heavy atom. The number of halogens is 1. The van der Waals surface area contributed by atoms with E-state index in [0.717, 1.165) is 5.52 Å². The van der Waals surface area contributed by atoms with Crippen molar-refractivity contribution in [3.05, 3.63) is 64.6 Å². The normalized spacial score (nSPS) is 10.7. The molecule has 0 aliphatic heterocycles. The second-order valence-corrected chi connectivity index (χ2v) is 6.33. The predicted molar refractivity (Wildman–Crippen MR) is 122 cm³/mol. The van der Waals surface area contributed by atoms with Gasteiger partial charge in [-0.05, 0) is 38.1 Å². The average molecular weight is 413 g/mol. The third kappa shape index (κ3) is 5.20. The van der Waals surface area contributed by atoms with Crippen LogP contribution >= 0.6 is 11.6 Å². The molecule has 1 aromatic carbocycles. The molecule has 0 fully saturated rings. The molecule has 0 aliphatic rings. The van der Waals surface area contributed by atoms with Gasteiger partial charge >= 0.3 is 0 Å². The van der Waals surface area contributed by atoms with Crippen molar-refractivity contribution in [1.29, 1.82) is 5.41 Å². The highest BCUT2D eigenvalue weighted by Gasteiger charge is 2.15. The molecule has 0 amide bonds. The molecule has 0 spiro atoms. The number of aromatic amines is 1. The highest BCUT2D eigenvalue weighted by Crippen LogP contribution is 2.22. The lowest BCUT2D eigenvalue weighted by Gasteiger charge is -2.24. The fraction of sp³-hybridized carbons (Fsp3) is 0.238. The molecule has 0 radical (unpaired) electrons. The van der Waals surface area contributed by atoms with Gasteiger partial charge in [-0.1, -0.05) is 12.1 Å². The molecular formula is C21H25ClN6O. The second-order valence-electron chi connectivity index (χ2n) is 6.33. The summed E-state index contributed by atoms with van der Waals surface area (Å²) in [4.78, 5) is 25.6. The third-order valence-corrected chi connectivity index (χ3v) is 4.09. The molecule has 29 heavy (non-hydrogen) atoms. The lowest BCUT2D eigenvalue weighted by Crippen LogP contribution is -2.36. The van der Waals surface area contributed by atoms with Gasteiger partial charge in [-0.25, -0.2) is 4.98 Å². The summed E-state index contributed by atoms with van der Waals surface area (Å²) in [7, 11) is 1.67. The number of hydrogen-bond donors (Lipinski definition) is 3. The summed E-state index contributed by atoms with van der Waals surface area (Å²) < 4.78 is 0. The summed E-state index contributed by atoms with van der Waals surface area (Å²) in [5, 5.41) is 12.2. The van der Waals surface area contributed by atoms with E-state index in [1.54, 1.807) is 36.6 Å². The number of aliphatic imine (C=N–C) groups is 1. The third-order valence-electron chi connectivity index (χ3n) is 4.09. The number of fused-ring (bicyclic) bond motifs is 1. The van der Waals surface area contributed by atoms with Crippen LogP contribution in [-0.4, -0.2) is 46.5 Å². The van der Waals surface area contributed by atoms with E-state index in [1.807, 2.05) is 38.1 Å². The Balaban J connectivity index is 0.00000145. The molecule has 0 saturated carbocycles. The molecule has 0 aliphatic carbocycles. The standard InChI is InChI=1S/C20H22N6O.CH3Cl/c1-13(2)26(12-22-3)20(21)16-8-5-9-18(25-16)24-15-7-4-6-14-19(15)17(27)10-11-23-14;1-2/h4-13,21H,1-3H3,(H,23,27)(H,24,25);1H3. The van der Waals surface area contributed by atoms with Crippen molar-refractivity contribution in [2.45, 2.75) is 19.9 Å². The minimum atomic E-state index is -0.0686. The Kier molecular flexibility index (Phi) is 7.91. The fourth-order valence-electron chi connectivity index (χ4n) is 2.81. The van der Waals surface area contributed by atoms with Crippen LogP contribution in [0.2, 0.25) is 0 Å². The number of rotatable bonds is 5. The van der Waals surface area contributed by atoms with E-state index in [9.17, 15) is 4.79 Å². The summed E-state index contributed by atoms with van der Waals surface area (Å²) in [6, 6.07) is 12.5. The predicted octanol–water partition coefficient (Wildman–Crippen LogP) is 4.22. The van der Waals surface area contributed by atoms with Crippen molar-refractivity contribution in [3.63, 3.8) is 0 Å². The van der Waals surface area contributed by atoms with Gasteiger partial charge in [-0.15, -0.1) is 11.6 Å². The smallest absolute Gasteiger partial charge is 0.191 e. The lowest BCUT2D eigenvalue weighted by molar-refractivity contribution is 0.508. The molecule has 7 nitrogen and oxygen atoms in total. The van der Waals surface area contributed by atoms with Crippen LogP contribution in [0.5, 0.6) is 0 Å². The quantitative estimate of drug-likeness (QED) is 0.332. The number of nitrogens with zero attached hydrogens (tertiary/aromatic N) is 3. The summed E-state index contributed by atoms with van der Waals surface area (Å²) in [5.74, 6) is 0.820. The molecule has 2 heterocycles. The number of nitrogens with one attached hydrogen (secondary N) is 3. The molecule has 0 saturated heterocycles. The van der Waals surface area contributed by atoms with E-state index in [0.29, 0.717) is 22.6 Å². The zero-order chi connectivity index (χ0) is 21.4. The van der Waals surface area contributed by atoms with Gasteiger partial charge in [0.25, 0.3) is 0 Å². The monoisotopic (exact) mass is 412 g/mol. The summed E-state index contributed by atoms with van der Waals surface area (Å²) in [5.41, 5.74) is 1.87. The molecule has 2 aromatic heterocycles. The average Bonchev–Trinajstić information content (AvgIpc) is 2.73. The van der Waals surface area contributed by atoms with Gasteiger partial charge in [-0.2, -0.15) is 0 Å². The molecule has 152 valence electrons. The van der Waals surface area contributed by atoms with Crippen LogP contribution in [0.15, 0.2) is 58.4 Å². The van der Waals surface area contributed by atoms with Gasteiger partial charge in [0.2, 0.25) is 0 Å². The number of benzene rings is 1. The number of H-pyrrole nitrogens is 1. The highest BCUT2D eigenvalue weighted by molar-refractivity contribution is 6.15. The Hall–Kier alpha value is -3.19. The van der Waals surface area contributed by atoms with Crippen molar-refractivity contribution in [2.75, 3.05) is 18.7 Å². The SMILES string of the molecule is CCl.CN=CN(C(=N)c1cccc(Nc2cccc3[nH]ccc(=O)c23)n1)C(C)C. The Morgan fingerprint density at radius 1 is 1.24 bits per heavy atom. The van der Waals surface area contributed by atoms with Crippen LogP contribution in [0.1, 0.15) is 19.5 Å². The van der Waals surface area contributed by atoms with Crippen LogP contribution in [-0.2, 0) is 0 Å².